The Morgan fingerprint density at radius 1 is 0.860 bits per heavy atom. The summed E-state index contributed by atoms with van der Waals surface area (Å²) in [5, 5.41) is 4.63. The summed E-state index contributed by atoms with van der Waals surface area (Å²) in [4.78, 5) is 33.4. The molecule has 9 nitrogen and oxygen atoms in total. The average Bonchev–Trinajstić information content (AvgIpc) is 3.84. The standard InChI is InChI=1S/C41H55N5O4/c1-28-20-34(14-19-39(28)49-4)31-10-8-29(9-11-31)26-45(37-7-5-6-33(21-37)35-22-42-46(27-35)36-15-16-36)40(47)32-12-17-38(18-13-32)50-41(48)44-24-30(25-44)23-43(2)3/h5-7,14,19-22,27,29-32,36,38H,8-13,15-18,23-26H2,1-4H3. The Morgan fingerprint density at radius 3 is 2.30 bits per heavy atom. The SMILES string of the molecule is COc1ccc(C2CCC(CN(C(=O)C3CCC(OC(=O)N4CC(CN(C)C)C4)CC3)c3cccc(-c4cnn(C5CC5)c4)c3)CC2)cc1C. The first-order chi connectivity index (χ1) is 24.2. The van der Waals surface area contributed by atoms with Gasteiger partial charge in [0, 0.05) is 55.5 Å². The zero-order valence-electron chi connectivity index (χ0n) is 30.4. The van der Waals surface area contributed by atoms with Gasteiger partial charge in [0.1, 0.15) is 11.9 Å². The molecule has 0 radical (unpaired) electrons. The summed E-state index contributed by atoms with van der Waals surface area (Å²) in [6, 6.07) is 15.6. The topological polar surface area (TPSA) is 80.1 Å². The van der Waals surface area contributed by atoms with Gasteiger partial charge in [-0.3, -0.25) is 9.48 Å². The summed E-state index contributed by atoms with van der Waals surface area (Å²) in [7, 11) is 5.86. The van der Waals surface area contributed by atoms with Gasteiger partial charge in [0.2, 0.25) is 5.91 Å². The predicted molar refractivity (Wildman–Crippen MR) is 197 cm³/mol. The number of anilines is 1. The van der Waals surface area contributed by atoms with E-state index in [1.807, 2.05) is 11.1 Å². The molecule has 2 amide bonds. The van der Waals surface area contributed by atoms with Crippen molar-refractivity contribution < 1.29 is 19.1 Å². The van der Waals surface area contributed by atoms with Crippen LogP contribution in [0, 0.1) is 24.7 Å². The number of amides is 2. The number of hydrogen-bond acceptors (Lipinski definition) is 6. The highest BCUT2D eigenvalue weighted by Gasteiger charge is 2.37. The lowest BCUT2D eigenvalue weighted by atomic mass is 9.78. The predicted octanol–water partition coefficient (Wildman–Crippen LogP) is 7.70. The van der Waals surface area contributed by atoms with E-state index < -0.39 is 0 Å². The summed E-state index contributed by atoms with van der Waals surface area (Å²) in [5.74, 6) is 2.59. The van der Waals surface area contributed by atoms with E-state index >= 15 is 0 Å². The molecule has 2 aromatic carbocycles. The van der Waals surface area contributed by atoms with Crippen LogP contribution in [-0.2, 0) is 9.53 Å². The van der Waals surface area contributed by atoms with Crippen molar-refractivity contribution in [3.05, 3.63) is 66.0 Å². The molecule has 1 aliphatic heterocycles. The van der Waals surface area contributed by atoms with Gasteiger partial charge in [-0.25, -0.2) is 4.79 Å². The van der Waals surface area contributed by atoms with E-state index in [9.17, 15) is 9.59 Å². The highest BCUT2D eigenvalue weighted by Crippen LogP contribution is 2.40. The van der Waals surface area contributed by atoms with Gasteiger partial charge in [0.05, 0.1) is 19.3 Å². The third kappa shape index (κ3) is 8.03. The Balaban J connectivity index is 1.01. The third-order valence-electron chi connectivity index (χ3n) is 11.6. The zero-order valence-corrected chi connectivity index (χ0v) is 30.4. The van der Waals surface area contributed by atoms with Crippen LogP contribution in [0.3, 0.4) is 0 Å². The Hall–Kier alpha value is -3.85. The Bertz CT molecular complexity index is 1630. The van der Waals surface area contributed by atoms with Gasteiger partial charge in [-0.1, -0.05) is 24.3 Å². The molecule has 2 heterocycles. The number of carbonyl (C=O) groups is 2. The fourth-order valence-electron chi connectivity index (χ4n) is 8.51. The van der Waals surface area contributed by atoms with Crippen LogP contribution in [0.1, 0.15) is 87.3 Å². The molecule has 4 aliphatic rings. The number of rotatable bonds is 11. The Labute approximate surface area is 297 Å². The molecule has 0 spiro atoms. The molecule has 50 heavy (non-hydrogen) atoms. The molecular weight excluding hydrogens is 626 g/mol. The van der Waals surface area contributed by atoms with Crippen LogP contribution in [0.5, 0.6) is 5.75 Å². The van der Waals surface area contributed by atoms with Crippen LogP contribution in [-0.4, -0.2) is 85.1 Å². The molecule has 7 rings (SSSR count). The van der Waals surface area contributed by atoms with Gasteiger partial charge in [-0.15, -0.1) is 0 Å². The van der Waals surface area contributed by atoms with Crippen molar-refractivity contribution >= 4 is 17.7 Å². The van der Waals surface area contributed by atoms with Crippen molar-refractivity contribution in [2.24, 2.45) is 17.8 Å². The fraction of sp³-hybridized carbons (Fsp3) is 0.585. The summed E-state index contributed by atoms with van der Waals surface area (Å²) >= 11 is 0. The third-order valence-corrected chi connectivity index (χ3v) is 11.6. The number of aryl methyl sites for hydroxylation is 1. The highest BCUT2D eigenvalue weighted by atomic mass is 16.6. The van der Waals surface area contributed by atoms with Crippen molar-refractivity contribution in [2.45, 2.75) is 89.2 Å². The molecule has 3 aromatic rings. The lowest BCUT2D eigenvalue weighted by molar-refractivity contribution is -0.124. The first-order valence-corrected chi connectivity index (χ1v) is 18.9. The maximum atomic E-state index is 14.5. The molecular formula is C41H55N5O4. The number of ether oxygens (including phenoxy) is 2. The van der Waals surface area contributed by atoms with E-state index in [0.29, 0.717) is 23.8 Å². The first kappa shape index (κ1) is 34.6. The Kier molecular flexibility index (Phi) is 10.5. The van der Waals surface area contributed by atoms with Crippen molar-refractivity contribution in [1.82, 2.24) is 19.6 Å². The van der Waals surface area contributed by atoms with E-state index in [0.717, 1.165) is 100 Å². The van der Waals surface area contributed by atoms with Crippen LogP contribution >= 0.6 is 0 Å². The summed E-state index contributed by atoms with van der Waals surface area (Å²) in [6.07, 6.45) is 13.6. The largest absolute Gasteiger partial charge is 0.496 e. The maximum Gasteiger partial charge on any atom is 0.410 e. The number of aromatic nitrogens is 2. The molecule has 268 valence electrons. The molecule has 0 N–H and O–H groups in total. The number of methoxy groups -OCH3 is 1. The first-order valence-electron chi connectivity index (χ1n) is 18.9. The maximum absolute atomic E-state index is 14.5. The molecule has 0 bridgehead atoms. The van der Waals surface area contributed by atoms with Gasteiger partial charge in [0.15, 0.2) is 0 Å². The number of carbonyl (C=O) groups excluding carboxylic acids is 2. The minimum atomic E-state index is -0.196. The lowest BCUT2D eigenvalue weighted by Gasteiger charge is -2.41. The van der Waals surface area contributed by atoms with Crippen LogP contribution in [0.15, 0.2) is 54.9 Å². The summed E-state index contributed by atoms with van der Waals surface area (Å²) in [5.41, 5.74) is 5.75. The number of hydrogen-bond donors (Lipinski definition) is 0. The van der Waals surface area contributed by atoms with Crippen molar-refractivity contribution in [2.75, 3.05) is 52.3 Å². The second-order valence-electron chi connectivity index (χ2n) is 15.8. The molecule has 3 aliphatic carbocycles. The van der Waals surface area contributed by atoms with Gasteiger partial charge in [0.25, 0.3) is 0 Å². The van der Waals surface area contributed by atoms with E-state index in [2.05, 4.69) is 89.3 Å². The Morgan fingerprint density at radius 2 is 1.62 bits per heavy atom. The minimum absolute atomic E-state index is 0.0710. The van der Waals surface area contributed by atoms with E-state index in [4.69, 9.17) is 9.47 Å². The molecule has 9 heteroatoms. The highest BCUT2D eigenvalue weighted by molar-refractivity contribution is 5.95. The molecule has 0 unspecified atom stereocenters. The van der Waals surface area contributed by atoms with Crippen molar-refractivity contribution in [1.29, 1.82) is 0 Å². The second-order valence-corrected chi connectivity index (χ2v) is 15.8. The fourth-order valence-corrected chi connectivity index (χ4v) is 8.51. The average molecular weight is 682 g/mol. The number of nitrogens with zero attached hydrogens (tertiary/aromatic N) is 5. The van der Waals surface area contributed by atoms with Gasteiger partial charge >= 0.3 is 6.09 Å². The monoisotopic (exact) mass is 681 g/mol. The number of benzene rings is 2. The molecule has 3 saturated carbocycles. The van der Waals surface area contributed by atoms with Crippen molar-refractivity contribution in [3.63, 3.8) is 0 Å². The minimum Gasteiger partial charge on any atom is -0.496 e. The second kappa shape index (κ2) is 15.2. The summed E-state index contributed by atoms with van der Waals surface area (Å²) in [6.45, 7) is 5.37. The molecule has 1 aromatic heterocycles. The van der Waals surface area contributed by atoms with Gasteiger partial charge in [-0.2, -0.15) is 5.10 Å². The van der Waals surface area contributed by atoms with Crippen LogP contribution in [0.2, 0.25) is 0 Å². The van der Waals surface area contributed by atoms with Crippen LogP contribution in [0.4, 0.5) is 10.5 Å². The normalized spacial score (nSPS) is 24.1. The van der Waals surface area contributed by atoms with Gasteiger partial charge in [-0.05, 0) is 132 Å². The van der Waals surface area contributed by atoms with E-state index in [1.165, 1.54) is 24.0 Å². The van der Waals surface area contributed by atoms with Crippen molar-refractivity contribution in [3.8, 4) is 16.9 Å². The van der Waals surface area contributed by atoms with Crippen LogP contribution in [0.25, 0.3) is 11.1 Å². The molecule has 1 saturated heterocycles. The van der Waals surface area contributed by atoms with E-state index in [-0.39, 0.29) is 24.0 Å². The quantitative estimate of drug-likeness (QED) is 0.207. The van der Waals surface area contributed by atoms with E-state index in [1.54, 1.807) is 7.11 Å². The van der Waals surface area contributed by atoms with Crippen LogP contribution < -0.4 is 9.64 Å². The lowest BCUT2D eigenvalue weighted by Crippen LogP contribution is -2.53. The van der Waals surface area contributed by atoms with Gasteiger partial charge < -0.3 is 24.2 Å². The number of likely N-dealkylation sites (tertiary alicyclic amines) is 1. The zero-order chi connectivity index (χ0) is 34.8. The molecule has 4 fully saturated rings. The molecule has 0 atom stereocenters. The smallest absolute Gasteiger partial charge is 0.410 e. The summed E-state index contributed by atoms with van der Waals surface area (Å²) < 4.78 is 13.5.